The van der Waals surface area contributed by atoms with E-state index in [0.717, 1.165) is 29.3 Å². The molecule has 10 heteroatoms. The number of non-ortho nitro benzene ring substituents is 1. The molecule has 0 saturated carbocycles. The molecule has 2 amide bonds. The van der Waals surface area contributed by atoms with E-state index >= 15 is 0 Å². The molecule has 2 aromatic rings. The Morgan fingerprint density at radius 1 is 1.14 bits per heavy atom. The van der Waals surface area contributed by atoms with Crippen LogP contribution in [0.2, 0.25) is 0 Å². The number of nitrogen functional groups attached to an aromatic ring is 1. The molecule has 0 bridgehead atoms. The molecule has 152 valence electrons. The normalized spacial score (nSPS) is 10.1. The number of nitro benzene ring substituents is 1. The van der Waals surface area contributed by atoms with Gasteiger partial charge in [0.15, 0.2) is 6.61 Å². The van der Waals surface area contributed by atoms with Crippen LogP contribution < -0.4 is 16.4 Å². The van der Waals surface area contributed by atoms with Crippen LogP contribution in [0.25, 0.3) is 0 Å². The maximum absolute atomic E-state index is 12.0. The third-order valence-electron chi connectivity index (χ3n) is 4.13. The molecule has 0 saturated heterocycles. The van der Waals surface area contributed by atoms with Gasteiger partial charge in [0, 0.05) is 17.8 Å². The number of nitrogens with zero attached hydrogens (tertiary/aromatic N) is 1. The van der Waals surface area contributed by atoms with E-state index in [1.807, 2.05) is 19.9 Å². The van der Waals surface area contributed by atoms with Crippen LogP contribution in [0.4, 0.5) is 17.1 Å². The predicted octanol–water partition coefficient (Wildman–Crippen LogP) is 1.71. The molecule has 10 nitrogen and oxygen atoms in total. The highest BCUT2D eigenvalue weighted by Crippen LogP contribution is 2.20. The minimum Gasteiger partial charge on any atom is -0.452 e. The van der Waals surface area contributed by atoms with Crippen molar-refractivity contribution < 1.29 is 24.0 Å². The van der Waals surface area contributed by atoms with E-state index in [1.165, 1.54) is 0 Å². The molecule has 0 aliphatic heterocycles. The quantitative estimate of drug-likeness (QED) is 0.277. The van der Waals surface area contributed by atoms with Gasteiger partial charge in [-0.05, 0) is 37.1 Å². The van der Waals surface area contributed by atoms with Gasteiger partial charge in [0.05, 0.1) is 22.7 Å². The number of ether oxygens (including phenoxy) is 1. The number of aryl methyl sites for hydroxylation is 1. The Bertz CT molecular complexity index is 973. The number of nitrogens with one attached hydrogen (secondary N) is 2. The van der Waals surface area contributed by atoms with Crippen LogP contribution in [0.15, 0.2) is 36.4 Å². The van der Waals surface area contributed by atoms with Gasteiger partial charge in [0.1, 0.15) is 0 Å². The van der Waals surface area contributed by atoms with Gasteiger partial charge in [0.25, 0.3) is 11.6 Å². The van der Waals surface area contributed by atoms with Crippen LogP contribution in [-0.4, -0.2) is 35.9 Å². The van der Waals surface area contributed by atoms with Gasteiger partial charge in [0.2, 0.25) is 5.91 Å². The van der Waals surface area contributed by atoms with Crippen LogP contribution in [0.5, 0.6) is 0 Å². The first-order valence-electron chi connectivity index (χ1n) is 8.53. The van der Waals surface area contributed by atoms with Gasteiger partial charge in [-0.1, -0.05) is 12.1 Å². The summed E-state index contributed by atoms with van der Waals surface area (Å²) < 4.78 is 4.82. The van der Waals surface area contributed by atoms with Crippen LogP contribution in [0.3, 0.4) is 0 Å². The third kappa shape index (κ3) is 5.76. The molecule has 0 unspecified atom stereocenters. The summed E-state index contributed by atoms with van der Waals surface area (Å²) in [5.41, 5.74) is 7.67. The molecular weight excluding hydrogens is 380 g/mol. The minimum atomic E-state index is -0.910. The van der Waals surface area contributed by atoms with Gasteiger partial charge in [-0.2, -0.15) is 0 Å². The van der Waals surface area contributed by atoms with Crippen LogP contribution in [0.1, 0.15) is 21.5 Å². The summed E-state index contributed by atoms with van der Waals surface area (Å²) in [5.74, 6) is -2.03. The van der Waals surface area contributed by atoms with E-state index < -0.39 is 29.3 Å². The summed E-state index contributed by atoms with van der Waals surface area (Å²) in [6.07, 6.45) is 0. The summed E-state index contributed by atoms with van der Waals surface area (Å²) in [7, 11) is 0. The van der Waals surface area contributed by atoms with Crippen molar-refractivity contribution >= 4 is 34.8 Å². The second-order valence-electron chi connectivity index (χ2n) is 6.18. The van der Waals surface area contributed by atoms with Crippen molar-refractivity contribution in [3.8, 4) is 0 Å². The minimum absolute atomic E-state index is 0.101. The average Bonchev–Trinajstić information content (AvgIpc) is 2.67. The molecule has 0 radical (unpaired) electrons. The van der Waals surface area contributed by atoms with Crippen LogP contribution >= 0.6 is 0 Å². The lowest BCUT2D eigenvalue weighted by atomic mass is 10.1. The number of carbonyl (C=O) groups excluding carboxylic acids is 3. The highest BCUT2D eigenvalue weighted by molar-refractivity contribution is 5.98. The Morgan fingerprint density at radius 2 is 1.86 bits per heavy atom. The SMILES string of the molecule is Cc1cccc(NC(=O)CNC(=O)COC(=O)c2ccc([N+](=O)[O-])cc2N)c1C. The number of esters is 1. The van der Waals surface area contributed by atoms with E-state index in [2.05, 4.69) is 10.6 Å². The van der Waals surface area contributed by atoms with Crippen molar-refractivity contribution in [2.24, 2.45) is 0 Å². The van der Waals surface area contributed by atoms with Gasteiger partial charge >= 0.3 is 5.97 Å². The zero-order valence-corrected chi connectivity index (χ0v) is 15.9. The molecule has 0 aromatic heterocycles. The number of nitrogens with two attached hydrogens (primary N) is 1. The van der Waals surface area contributed by atoms with Crippen molar-refractivity contribution in [1.82, 2.24) is 5.32 Å². The molecule has 4 N–H and O–H groups in total. The predicted molar refractivity (Wildman–Crippen MR) is 105 cm³/mol. The maximum atomic E-state index is 12.0. The van der Waals surface area contributed by atoms with Crippen LogP contribution in [0, 0.1) is 24.0 Å². The number of anilines is 2. The topological polar surface area (TPSA) is 154 Å². The monoisotopic (exact) mass is 400 g/mol. The van der Waals surface area contributed by atoms with Crippen molar-refractivity contribution in [2.45, 2.75) is 13.8 Å². The van der Waals surface area contributed by atoms with E-state index in [1.54, 1.807) is 12.1 Å². The van der Waals surface area contributed by atoms with E-state index in [4.69, 9.17) is 10.5 Å². The molecule has 0 atom stereocenters. The number of nitro groups is 1. The first kappa shape index (κ1) is 21.4. The molecule has 29 heavy (non-hydrogen) atoms. The van der Waals surface area contributed by atoms with Crippen LogP contribution in [-0.2, 0) is 14.3 Å². The second-order valence-corrected chi connectivity index (χ2v) is 6.18. The molecule has 2 rings (SSSR count). The number of amides is 2. The van der Waals surface area contributed by atoms with Gasteiger partial charge in [-0.3, -0.25) is 19.7 Å². The Labute approximate surface area is 166 Å². The summed E-state index contributed by atoms with van der Waals surface area (Å²) in [6.45, 7) is 2.85. The highest BCUT2D eigenvalue weighted by Gasteiger charge is 2.17. The molecule has 0 aliphatic rings. The lowest BCUT2D eigenvalue weighted by Gasteiger charge is -2.11. The third-order valence-corrected chi connectivity index (χ3v) is 4.13. The lowest BCUT2D eigenvalue weighted by molar-refractivity contribution is -0.384. The first-order chi connectivity index (χ1) is 13.7. The molecule has 0 spiro atoms. The summed E-state index contributed by atoms with van der Waals surface area (Å²) in [6, 6.07) is 8.74. The fourth-order valence-corrected chi connectivity index (χ4v) is 2.37. The Hall–Kier alpha value is -3.95. The molecule has 0 aliphatic carbocycles. The highest BCUT2D eigenvalue weighted by atomic mass is 16.6. The number of carbonyl (C=O) groups is 3. The van der Waals surface area contributed by atoms with Gasteiger partial charge < -0.3 is 21.1 Å². The first-order valence-corrected chi connectivity index (χ1v) is 8.53. The van der Waals surface area contributed by atoms with Crippen molar-refractivity contribution in [3.63, 3.8) is 0 Å². The van der Waals surface area contributed by atoms with E-state index in [-0.39, 0.29) is 23.5 Å². The second kappa shape index (κ2) is 9.31. The average molecular weight is 400 g/mol. The summed E-state index contributed by atoms with van der Waals surface area (Å²) >= 11 is 0. The Balaban J connectivity index is 1.82. The van der Waals surface area contributed by atoms with E-state index in [9.17, 15) is 24.5 Å². The Kier molecular flexibility index (Phi) is 6.85. The number of rotatable bonds is 7. The molecule has 0 heterocycles. The maximum Gasteiger partial charge on any atom is 0.340 e. The van der Waals surface area contributed by atoms with Crippen molar-refractivity contribution in [2.75, 3.05) is 24.2 Å². The number of benzene rings is 2. The molecular formula is C19H20N4O6. The van der Waals surface area contributed by atoms with Crippen molar-refractivity contribution in [1.29, 1.82) is 0 Å². The molecule has 2 aromatic carbocycles. The largest absolute Gasteiger partial charge is 0.452 e. The van der Waals surface area contributed by atoms with Gasteiger partial charge in [-0.15, -0.1) is 0 Å². The number of hydrogen-bond donors (Lipinski definition) is 3. The Morgan fingerprint density at radius 3 is 2.52 bits per heavy atom. The summed E-state index contributed by atoms with van der Waals surface area (Å²) in [4.78, 5) is 45.8. The van der Waals surface area contributed by atoms with Crippen molar-refractivity contribution in [3.05, 3.63) is 63.2 Å². The molecule has 0 fully saturated rings. The smallest absolute Gasteiger partial charge is 0.340 e. The van der Waals surface area contributed by atoms with E-state index in [0.29, 0.717) is 5.69 Å². The zero-order valence-electron chi connectivity index (χ0n) is 15.9. The fourth-order valence-electron chi connectivity index (χ4n) is 2.37. The summed E-state index contributed by atoms with van der Waals surface area (Å²) in [5, 5.41) is 15.7. The number of hydrogen-bond acceptors (Lipinski definition) is 7. The zero-order chi connectivity index (χ0) is 21.6. The van der Waals surface area contributed by atoms with Gasteiger partial charge in [-0.25, -0.2) is 4.79 Å². The lowest BCUT2D eigenvalue weighted by Crippen LogP contribution is -2.35. The fraction of sp³-hybridized carbons (Fsp3) is 0.211. The standard InChI is InChI=1S/C19H20N4O6/c1-11-4-3-5-16(12(11)2)22-17(24)9-21-18(25)10-29-19(26)14-7-6-13(23(27)28)8-15(14)20/h3-8H,9-10,20H2,1-2H3,(H,21,25)(H,22,24).